The SMILES string of the molecule is COC(=O)CC[C@@H](C)[C@H]1CC[C@H]2[C@@H]3[C@H](O[Si](C)(C)C)C[C@@H]4CCCC[C@]4(C)[C@H]3CC[C@]12C. The Morgan fingerprint density at radius 1 is 1.00 bits per heavy atom. The highest BCUT2D eigenvalue weighted by Gasteiger charge is 2.63. The fourth-order valence-electron chi connectivity index (χ4n) is 9.43. The monoisotopic (exact) mass is 462 g/mol. The molecule has 32 heavy (non-hydrogen) atoms. The zero-order chi connectivity index (χ0) is 23.3. The minimum Gasteiger partial charge on any atom is -0.469 e. The van der Waals surface area contributed by atoms with Crippen molar-refractivity contribution in [3.8, 4) is 0 Å². The smallest absolute Gasteiger partial charge is 0.305 e. The number of fused-ring (bicyclic) bond motifs is 5. The van der Waals surface area contributed by atoms with Crippen LogP contribution < -0.4 is 0 Å². The Morgan fingerprint density at radius 3 is 2.41 bits per heavy atom. The largest absolute Gasteiger partial charge is 0.469 e. The van der Waals surface area contributed by atoms with Gasteiger partial charge in [-0.2, -0.15) is 0 Å². The molecular formula is C28H50O3Si. The molecule has 4 aliphatic carbocycles. The number of methoxy groups -OCH3 is 1. The van der Waals surface area contributed by atoms with Crippen molar-refractivity contribution in [3.05, 3.63) is 0 Å². The Labute approximate surface area is 198 Å². The molecule has 0 aromatic carbocycles. The van der Waals surface area contributed by atoms with E-state index in [1.165, 1.54) is 64.9 Å². The summed E-state index contributed by atoms with van der Waals surface area (Å²) in [6, 6.07) is 0. The predicted octanol–water partition coefficient (Wildman–Crippen LogP) is 7.45. The van der Waals surface area contributed by atoms with Crippen molar-refractivity contribution in [1.29, 1.82) is 0 Å². The van der Waals surface area contributed by atoms with Crippen molar-refractivity contribution >= 4 is 14.3 Å². The van der Waals surface area contributed by atoms with Crippen molar-refractivity contribution in [3.63, 3.8) is 0 Å². The van der Waals surface area contributed by atoms with E-state index in [2.05, 4.69) is 40.4 Å². The van der Waals surface area contributed by atoms with E-state index in [0.29, 0.717) is 29.3 Å². The van der Waals surface area contributed by atoms with E-state index in [9.17, 15) is 4.79 Å². The summed E-state index contributed by atoms with van der Waals surface area (Å²) in [7, 11) is -0.0739. The Kier molecular flexibility index (Phi) is 6.98. The van der Waals surface area contributed by atoms with Crippen LogP contribution in [0.1, 0.15) is 91.4 Å². The Morgan fingerprint density at radius 2 is 1.72 bits per heavy atom. The van der Waals surface area contributed by atoms with Gasteiger partial charge in [0.15, 0.2) is 8.32 Å². The number of hydrogen-bond donors (Lipinski definition) is 0. The van der Waals surface area contributed by atoms with E-state index in [4.69, 9.17) is 9.16 Å². The zero-order valence-electron chi connectivity index (χ0n) is 22.0. The molecule has 184 valence electrons. The minimum atomic E-state index is -1.59. The van der Waals surface area contributed by atoms with E-state index in [1.807, 2.05) is 0 Å². The maximum Gasteiger partial charge on any atom is 0.305 e. The van der Waals surface area contributed by atoms with E-state index < -0.39 is 8.32 Å². The number of carbonyl (C=O) groups is 1. The molecule has 0 bridgehead atoms. The van der Waals surface area contributed by atoms with Gasteiger partial charge in [-0.05, 0) is 117 Å². The lowest BCUT2D eigenvalue weighted by molar-refractivity contribution is -0.160. The van der Waals surface area contributed by atoms with Crippen molar-refractivity contribution in [2.75, 3.05) is 7.11 Å². The van der Waals surface area contributed by atoms with Crippen LogP contribution in [0, 0.1) is 46.3 Å². The Hall–Kier alpha value is -0.353. The van der Waals surface area contributed by atoms with Crippen LogP contribution in [0.15, 0.2) is 0 Å². The molecule has 4 aliphatic rings. The normalized spacial score (nSPS) is 44.8. The molecular weight excluding hydrogens is 412 g/mol. The van der Waals surface area contributed by atoms with E-state index in [-0.39, 0.29) is 5.97 Å². The van der Waals surface area contributed by atoms with Gasteiger partial charge in [-0.15, -0.1) is 0 Å². The average Bonchev–Trinajstić information content (AvgIpc) is 3.08. The van der Waals surface area contributed by atoms with Crippen molar-refractivity contribution in [2.24, 2.45) is 46.3 Å². The summed E-state index contributed by atoms with van der Waals surface area (Å²) in [6.07, 6.45) is 14.6. The first kappa shape index (κ1) is 24.8. The molecule has 0 spiro atoms. The van der Waals surface area contributed by atoms with E-state index >= 15 is 0 Å². The van der Waals surface area contributed by atoms with Crippen molar-refractivity contribution in [1.82, 2.24) is 0 Å². The molecule has 9 atom stereocenters. The molecule has 0 radical (unpaired) electrons. The highest BCUT2D eigenvalue weighted by Crippen LogP contribution is 2.68. The maximum absolute atomic E-state index is 11.8. The third-order valence-electron chi connectivity index (χ3n) is 10.9. The van der Waals surface area contributed by atoms with Crippen LogP contribution in [0.5, 0.6) is 0 Å². The minimum absolute atomic E-state index is 0.0487. The van der Waals surface area contributed by atoms with Crippen LogP contribution in [0.2, 0.25) is 19.6 Å². The lowest BCUT2D eigenvalue weighted by atomic mass is 9.44. The highest BCUT2D eigenvalue weighted by atomic mass is 28.4. The summed E-state index contributed by atoms with van der Waals surface area (Å²) in [5.41, 5.74) is 0.952. The second-order valence-corrected chi connectivity index (χ2v) is 18.0. The van der Waals surface area contributed by atoms with Crippen LogP contribution in [0.3, 0.4) is 0 Å². The first-order valence-electron chi connectivity index (χ1n) is 13.7. The number of rotatable bonds is 6. The fraction of sp³-hybridized carbons (Fsp3) is 0.964. The summed E-state index contributed by atoms with van der Waals surface area (Å²) in [5.74, 6) is 4.56. The quantitative estimate of drug-likeness (QED) is 0.303. The molecule has 0 heterocycles. The topological polar surface area (TPSA) is 35.5 Å². The van der Waals surface area contributed by atoms with E-state index in [0.717, 1.165) is 36.0 Å². The molecule has 0 N–H and O–H groups in total. The van der Waals surface area contributed by atoms with Crippen LogP contribution in [0.25, 0.3) is 0 Å². The Bertz CT molecular complexity index is 687. The highest BCUT2D eigenvalue weighted by molar-refractivity contribution is 6.69. The lowest BCUT2D eigenvalue weighted by Gasteiger charge is -2.63. The van der Waals surface area contributed by atoms with E-state index in [1.54, 1.807) is 0 Å². The number of esters is 1. The summed E-state index contributed by atoms with van der Waals surface area (Å²) in [6.45, 7) is 14.9. The van der Waals surface area contributed by atoms with Gasteiger partial charge in [0.2, 0.25) is 0 Å². The van der Waals surface area contributed by atoms with Crippen molar-refractivity contribution < 1.29 is 14.0 Å². The molecule has 0 unspecified atom stereocenters. The van der Waals surface area contributed by atoms with Gasteiger partial charge in [0, 0.05) is 12.5 Å². The van der Waals surface area contributed by atoms with Gasteiger partial charge < -0.3 is 9.16 Å². The van der Waals surface area contributed by atoms with Gasteiger partial charge in [0.1, 0.15) is 0 Å². The Balaban J connectivity index is 1.60. The number of carbonyl (C=O) groups excluding carboxylic acids is 1. The maximum atomic E-state index is 11.8. The number of hydrogen-bond acceptors (Lipinski definition) is 3. The molecule has 0 aliphatic heterocycles. The van der Waals surface area contributed by atoms with Crippen molar-refractivity contribution in [2.45, 2.75) is 117 Å². The van der Waals surface area contributed by atoms with Gasteiger partial charge in [-0.1, -0.05) is 33.6 Å². The van der Waals surface area contributed by atoms with Gasteiger partial charge >= 0.3 is 5.97 Å². The van der Waals surface area contributed by atoms with Crippen LogP contribution in [-0.2, 0) is 14.0 Å². The molecule has 3 nitrogen and oxygen atoms in total. The zero-order valence-corrected chi connectivity index (χ0v) is 23.0. The van der Waals surface area contributed by atoms with Crippen LogP contribution in [0.4, 0.5) is 0 Å². The summed E-state index contributed by atoms with van der Waals surface area (Å²) in [5, 5.41) is 0. The summed E-state index contributed by atoms with van der Waals surface area (Å²) >= 11 is 0. The average molecular weight is 463 g/mol. The molecule has 0 amide bonds. The van der Waals surface area contributed by atoms with Gasteiger partial charge in [0.05, 0.1) is 7.11 Å². The molecule has 0 aromatic rings. The second kappa shape index (κ2) is 9.02. The third-order valence-corrected chi connectivity index (χ3v) is 11.9. The van der Waals surface area contributed by atoms with Crippen LogP contribution in [-0.4, -0.2) is 27.5 Å². The van der Waals surface area contributed by atoms with Crippen LogP contribution >= 0.6 is 0 Å². The fourth-order valence-corrected chi connectivity index (χ4v) is 10.6. The second-order valence-electron chi connectivity index (χ2n) is 13.6. The molecule has 4 rings (SSSR count). The van der Waals surface area contributed by atoms with Gasteiger partial charge in [0.25, 0.3) is 0 Å². The molecule has 4 saturated carbocycles. The summed E-state index contributed by atoms with van der Waals surface area (Å²) in [4.78, 5) is 11.8. The molecule has 4 heteroatoms. The first-order valence-corrected chi connectivity index (χ1v) is 17.1. The lowest BCUT2D eigenvalue weighted by Crippen LogP contribution is -2.59. The standard InChI is InChI=1S/C28H50O3Si/c1-19(11-14-25(29)30-4)21-12-13-22-26-23(15-17-28(21,22)3)27(2)16-9-8-10-20(27)18-24(26)31-32(5,6)7/h19-24,26H,8-18H2,1-7H3/t19-,20+,21-,22+,23+,24-,26+,27+,28-/m1/s1. The van der Waals surface area contributed by atoms with Gasteiger partial charge in [-0.25, -0.2) is 0 Å². The first-order chi connectivity index (χ1) is 15.0. The molecule has 4 fully saturated rings. The summed E-state index contributed by atoms with van der Waals surface area (Å²) < 4.78 is 12.0. The molecule has 0 saturated heterocycles. The predicted molar refractivity (Wildman–Crippen MR) is 134 cm³/mol. The third kappa shape index (κ3) is 4.37. The molecule has 0 aromatic heterocycles. The van der Waals surface area contributed by atoms with Gasteiger partial charge in [-0.3, -0.25) is 4.79 Å². The number of ether oxygens (including phenoxy) is 1.